The van der Waals surface area contributed by atoms with Crippen LogP contribution in [0.5, 0.6) is 0 Å². The maximum absolute atomic E-state index is 11.5. The van der Waals surface area contributed by atoms with Gasteiger partial charge in [0.2, 0.25) is 5.91 Å². The third-order valence-corrected chi connectivity index (χ3v) is 3.70. The summed E-state index contributed by atoms with van der Waals surface area (Å²) >= 11 is 6.25. The molecule has 1 aromatic rings. The summed E-state index contributed by atoms with van der Waals surface area (Å²) in [5.74, 6) is 0.125. The number of hydrogen-bond acceptors (Lipinski definition) is 3. The first-order chi connectivity index (χ1) is 9.11. The molecule has 1 saturated carbocycles. The lowest BCUT2D eigenvalue weighted by Gasteiger charge is -2.06. The first-order valence-corrected chi connectivity index (χ1v) is 7.20. The van der Waals surface area contributed by atoms with Gasteiger partial charge < -0.3 is 10.6 Å². The van der Waals surface area contributed by atoms with Crippen molar-refractivity contribution in [3.63, 3.8) is 0 Å². The van der Waals surface area contributed by atoms with Crippen molar-refractivity contribution in [1.82, 2.24) is 20.4 Å². The topological polar surface area (TPSA) is 59.0 Å². The monoisotopic (exact) mass is 284 g/mol. The highest BCUT2D eigenvalue weighted by molar-refractivity contribution is 6.31. The minimum Gasteiger partial charge on any atom is -0.353 e. The third-order valence-electron chi connectivity index (χ3n) is 3.27. The lowest BCUT2D eigenvalue weighted by Crippen LogP contribution is -2.29. The maximum Gasteiger partial charge on any atom is 0.221 e. The van der Waals surface area contributed by atoms with Crippen molar-refractivity contribution in [1.29, 1.82) is 0 Å². The van der Waals surface area contributed by atoms with Crippen molar-refractivity contribution in [2.75, 3.05) is 6.54 Å². The summed E-state index contributed by atoms with van der Waals surface area (Å²) in [6, 6.07) is 0.436. The average Bonchev–Trinajstić information content (AvgIpc) is 3.14. The van der Waals surface area contributed by atoms with Crippen molar-refractivity contribution >= 4 is 17.5 Å². The fraction of sp³-hybridized carbons (Fsp3) is 0.692. The molecule has 0 unspecified atom stereocenters. The Balaban J connectivity index is 1.72. The van der Waals surface area contributed by atoms with Gasteiger partial charge in [-0.1, -0.05) is 18.5 Å². The molecule has 0 bridgehead atoms. The van der Waals surface area contributed by atoms with E-state index >= 15 is 0 Å². The summed E-state index contributed by atoms with van der Waals surface area (Å²) in [6.45, 7) is 3.33. The van der Waals surface area contributed by atoms with Crippen LogP contribution in [0.3, 0.4) is 0 Å². The molecule has 2 rings (SSSR count). The highest BCUT2D eigenvalue weighted by atomic mass is 35.5. The number of nitrogens with zero attached hydrogens (tertiary/aromatic N) is 2. The summed E-state index contributed by atoms with van der Waals surface area (Å²) < 4.78 is 1.80. The molecular weight excluding hydrogens is 264 g/mol. The fourth-order valence-electron chi connectivity index (χ4n) is 1.95. The van der Waals surface area contributed by atoms with Crippen LogP contribution >= 0.6 is 11.6 Å². The summed E-state index contributed by atoms with van der Waals surface area (Å²) in [6.07, 6.45) is 3.59. The molecule has 0 aromatic carbocycles. The van der Waals surface area contributed by atoms with Gasteiger partial charge in [-0.2, -0.15) is 5.10 Å². The van der Waals surface area contributed by atoms with Crippen LogP contribution in [0.25, 0.3) is 0 Å². The zero-order valence-corrected chi connectivity index (χ0v) is 12.3. The van der Waals surface area contributed by atoms with Gasteiger partial charge in [0.15, 0.2) is 0 Å². The van der Waals surface area contributed by atoms with E-state index in [1.54, 1.807) is 4.68 Å². The predicted molar refractivity (Wildman–Crippen MR) is 75.1 cm³/mol. The Morgan fingerprint density at radius 1 is 1.53 bits per heavy atom. The molecule has 0 atom stereocenters. The number of hydrogen-bond donors (Lipinski definition) is 2. The highest BCUT2D eigenvalue weighted by Gasteiger charge is 2.22. The second kappa shape index (κ2) is 6.39. The van der Waals surface area contributed by atoms with Crippen LogP contribution in [0, 0.1) is 0 Å². The van der Waals surface area contributed by atoms with Gasteiger partial charge in [-0.3, -0.25) is 9.48 Å². The Kier molecular flexibility index (Phi) is 4.82. The van der Waals surface area contributed by atoms with E-state index in [0.29, 0.717) is 25.6 Å². The Labute approximate surface area is 118 Å². The van der Waals surface area contributed by atoms with E-state index in [9.17, 15) is 4.79 Å². The Hall–Kier alpha value is -1.07. The molecule has 1 heterocycles. The molecule has 0 spiro atoms. The Bertz CT molecular complexity index is 454. The second-order valence-corrected chi connectivity index (χ2v) is 5.33. The fourth-order valence-corrected chi connectivity index (χ4v) is 2.31. The average molecular weight is 285 g/mol. The van der Waals surface area contributed by atoms with E-state index < -0.39 is 0 Å². The zero-order valence-electron chi connectivity index (χ0n) is 11.5. The van der Waals surface area contributed by atoms with Gasteiger partial charge in [0, 0.05) is 32.6 Å². The number of nitrogens with one attached hydrogen (secondary N) is 2. The van der Waals surface area contributed by atoms with Gasteiger partial charge in [0.05, 0.1) is 16.4 Å². The molecule has 1 fully saturated rings. The number of carbonyl (C=O) groups excluding carboxylic acids is 1. The molecule has 0 radical (unpaired) electrons. The highest BCUT2D eigenvalue weighted by Crippen LogP contribution is 2.20. The molecule has 1 amide bonds. The summed E-state index contributed by atoms with van der Waals surface area (Å²) in [5, 5.41) is 11.3. The molecule has 6 heteroatoms. The minimum atomic E-state index is 0.125. The van der Waals surface area contributed by atoms with Gasteiger partial charge in [-0.15, -0.1) is 0 Å². The second-order valence-electron chi connectivity index (χ2n) is 4.95. The Morgan fingerprint density at radius 3 is 2.84 bits per heavy atom. The van der Waals surface area contributed by atoms with Gasteiger partial charge >= 0.3 is 0 Å². The largest absolute Gasteiger partial charge is 0.353 e. The van der Waals surface area contributed by atoms with E-state index in [2.05, 4.69) is 15.7 Å². The van der Waals surface area contributed by atoms with Crippen LogP contribution in [0.1, 0.15) is 37.6 Å². The van der Waals surface area contributed by atoms with Crippen LogP contribution < -0.4 is 10.6 Å². The van der Waals surface area contributed by atoms with Gasteiger partial charge in [0.1, 0.15) is 0 Å². The summed E-state index contributed by atoms with van der Waals surface area (Å²) in [5.41, 5.74) is 1.90. The molecule has 1 aromatic heterocycles. The molecule has 5 nitrogen and oxygen atoms in total. The minimum absolute atomic E-state index is 0.125. The maximum atomic E-state index is 11.5. The van der Waals surface area contributed by atoms with E-state index in [-0.39, 0.29) is 5.91 Å². The molecule has 106 valence electrons. The normalized spacial score (nSPS) is 14.7. The smallest absolute Gasteiger partial charge is 0.221 e. The predicted octanol–water partition coefficient (Wildman–Crippen LogP) is 1.39. The van der Waals surface area contributed by atoms with Gasteiger partial charge in [0.25, 0.3) is 0 Å². The van der Waals surface area contributed by atoms with E-state index in [1.165, 1.54) is 0 Å². The van der Waals surface area contributed by atoms with E-state index in [0.717, 1.165) is 35.7 Å². The van der Waals surface area contributed by atoms with Gasteiger partial charge in [-0.05, 0) is 19.3 Å². The number of halogens is 1. The van der Waals surface area contributed by atoms with Crippen molar-refractivity contribution in [3.8, 4) is 0 Å². The van der Waals surface area contributed by atoms with Crippen LogP contribution in [0.15, 0.2) is 0 Å². The number of aromatic nitrogens is 2. The molecular formula is C13H21ClN4O. The zero-order chi connectivity index (χ0) is 13.8. The molecule has 0 aliphatic heterocycles. The van der Waals surface area contributed by atoms with Crippen LogP contribution in [-0.4, -0.2) is 28.3 Å². The number of aryl methyl sites for hydroxylation is 2. The standard InChI is InChI=1S/C13H21ClN4O/c1-3-10-13(14)11(18(2)17-10)8-15-7-6-12(19)16-9-4-5-9/h9,15H,3-8H2,1-2H3,(H,16,19). The van der Waals surface area contributed by atoms with Crippen molar-refractivity contribution in [2.24, 2.45) is 7.05 Å². The Morgan fingerprint density at radius 2 is 2.26 bits per heavy atom. The van der Waals surface area contributed by atoms with E-state index in [1.807, 2.05) is 14.0 Å². The number of carbonyl (C=O) groups is 1. The summed E-state index contributed by atoms with van der Waals surface area (Å²) in [4.78, 5) is 11.5. The quantitative estimate of drug-likeness (QED) is 0.744. The number of amides is 1. The lowest BCUT2D eigenvalue weighted by atomic mass is 10.3. The van der Waals surface area contributed by atoms with Crippen molar-refractivity contribution < 1.29 is 4.79 Å². The molecule has 2 N–H and O–H groups in total. The van der Waals surface area contributed by atoms with E-state index in [4.69, 9.17) is 11.6 Å². The van der Waals surface area contributed by atoms with Gasteiger partial charge in [-0.25, -0.2) is 0 Å². The lowest BCUT2D eigenvalue weighted by molar-refractivity contribution is -0.121. The number of rotatable bonds is 7. The first kappa shape index (κ1) is 14.3. The molecule has 1 aliphatic carbocycles. The van der Waals surface area contributed by atoms with Crippen LogP contribution in [0.2, 0.25) is 5.02 Å². The third kappa shape index (κ3) is 3.94. The van der Waals surface area contributed by atoms with Crippen LogP contribution in [0.4, 0.5) is 0 Å². The van der Waals surface area contributed by atoms with Crippen molar-refractivity contribution in [2.45, 2.75) is 45.2 Å². The SMILES string of the molecule is CCc1nn(C)c(CNCCC(=O)NC2CC2)c1Cl. The van der Waals surface area contributed by atoms with Crippen LogP contribution in [-0.2, 0) is 24.8 Å². The summed E-state index contributed by atoms with van der Waals surface area (Å²) in [7, 11) is 1.89. The molecule has 0 saturated heterocycles. The molecule has 19 heavy (non-hydrogen) atoms. The first-order valence-electron chi connectivity index (χ1n) is 6.82. The van der Waals surface area contributed by atoms with Crippen molar-refractivity contribution in [3.05, 3.63) is 16.4 Å². The molecule has 1 aliphatic rings.